The predicted octanol–water partition coefficient (Wildman–Crippen LogP) is 5.42. The topological polar surface area (TPSA) is 123 Å². The molecule has 4 aromatic heterocycles. The number of nitrogens with one attached hydrogen (secondary N) is 1. The number of anilines is 2. The molecule has 1 N–H and O–H groups in total. The van der Waals surface area contributed by atoms with E-state index in [0.29, 0.717) is 58.4 Å². The molecule has 42 heavy (non-hydrogen) atoms. The third-order valence-electron chi connectivity index (χ3n) is 7.07. The predicted molar refractivity (Wildman–Crippen MR) is 156 cm³/mol. The molecular weight excluding hydrogens is 537 g/mol. The smallest absolute Gasteiger partial charge is 0.246 e. The van der Waals surface area contributed by atoms with E-state index in [1.165, 1.54) is 12.7 Å². The fraction of sp³-hybridized carbons (Fsp3) is 0.233. The van der Waals surface area contributed by atoms with Crippen LogP contribution in [0.3, 0.4) is 0 Å². The molecule has 0 spiro atoms. The third kappa shape index (κ3) is 5.26. The van der Waals surface area contributed by atoms with Gasteiger partial charge in [-0.05, 0) is 56.5 Å². The number of amides is 1. The molecule has 1 aromatic carbocycles. The van der Waals surface area contributed by atoms with Gasteiger partial charge in [-0.15, -0.1) is 0 Å². The maximum Gasteiger partial charge on any atom is 0.246 e. The van der Waals surface area contributed by atoms with Crippen molar-refractivity contribution in [1.82, 2.24) is 39.4 Å². The molecule has 0 radical (unpaired) electrons. The zero-order valence-corrected chi connectivity index (χ0v) is 23.3. The highest BCUT2D eigenvalue weighted by Crippen LogP contribution is 2.33. The second-order valence-electron chi connectivity index (χ2n) is 9.88. The van der Waals surface area contributed by atoms with Crippen molar-refractivity contribution in [2.45, 2.75) is 39.7 Å². The Labute approximate surface area is 240 Å². The largest absolute Gasteiger partial charge is 0.457 e. The third-order valence-corrected chi connectivity index (χ3v) is 7.07. The van der Waals surface area contributed by atoms with E-state index < -0.39 is 5.82 Å². The Morgan fingerprint density at radius 1 is 1.19 bits per heavy atom. The monoisotopic (exact) mass is 565 g/mol. The molecule has 1 aliphatic rings. The number of hydrogen-bond acceptors (Lipinski definition) is 9. The quantitative estimate of drug-likeness (QED) is 0.258. The molecule has 0 saturated carbocycles. The van der Waals surface area contributed by atoms with Crippen LogP contribution in [0.1, 0.15) is 38.1 Å². The van der Waals surface area contributed by atoms with Gasteiger partial charge in [-0.2, -0.15) is 5.10 Å². The van der Waals surface area contributed by atoms with E-state index in [4.69, 9.17) is 9.72 Å². The Kier molecular flexibility index (Phi) is 7.26. The van der Waals surface area contributed by atoms with E-state index in [2.05, 4.69) is 30.4 Å². The lowest BCUT2D eigenvalue weighted by Crippen LogP contribution is -2.40. The second-order valence-corrected chi connectivity index (χ2v) is 9.88. The first-order valence-electron chi connectivity index (χ1n) is 13.6. The van der Waals surface area contributed by atoms with E-state index in [-0.39, 0.29) is 17.6 Å². The number of ether oxygens (including phenoxy) is 1. The fourth-order valence-corrected chi connectivity index (χ4v) is 4.81. The minimum Gasteiger partial charge on any atom is -0.457 e. The Balaban J connectivity index is 1.25. The Bertz CT molecular complexity index is 1870. The average molecular weight is 566 g/mol. The number of hydrogen-bond donors (Lipinski definition) is 1. The van der Waals surface area contributed by atoms with Gasteiger partial charge in [0, 0.05) is 30.4 Å². The van der Waals surface area contributed by atoms with E-state index in [0.717, 1.165) is 12.0 Å². The molecule has 5 heterocycles. The number of fused-ring (bicyclic) bond motifs is 2. The molecule has 1 atom stereocenters. The Hall–Kier alpha value is -5.26. The zero-order valence-electron chi connectivity index (χ0n) is 23.3. The SMILES string of the molecule is CC/C=C/C(=O)N1CCC(c2ncc3ncnc(Nc4ccc(Oc5ccn6ncnc6c5)c(C)c4F)c3n2)=C[C@@H]1C. The maximum absolute atomic E-state index is 15.6. The van der Waals surface area contributed by atoms with Crippen LogP contribution < -0.4 is 10.1 Å². The molecule has 0 aliphatic carbocycles. The van der Waals surface area contributed by atoms with Gasteiger partial charge in [0.05, 0.1) is 11.9 Å². The molecule has 5 aromatic rings. The van der Waals surface area contributed by atoms with Gasteiger partial charge in [-0.3, -0.25) is 4.79 Å². The number of nitrogens with zero attached hydrogens (tertiary/aromatic N) is 8. The van der Waals surface area contributed by atoms with E-state index in [9.17, 15) is 4.79 Å². The van der Waals surface area contributed by atoms with Crippen LogP contribution in [0.15, 0.2) is 67.5 Å². The number of carbonyl (C=O) groups excluding carboxylic acids is 1. The maximum atomic E-state index is 15.6. The summed E-state index contributed by atoms with van der Waals surface area (Å²) < 4.78 is 23.1. The highest BCUT2D eigenvalue weighted by Gasteiger charge is 2.24. The van der Waals surface area contributed by atoms with Gasteiger partial charge in [0.2, 0.25) is 5.91 Å². The lowest BCUT2D eigenvalue weighted by atomic mass is 10.0. The molecule has 1 amide bonds. The zero-order chi connectivity index (χ0) is 29.2. The number of benzene rings is 1. The first kappa shape index (κ1) is 26.9. The molecular formula is C30H28FN9O2. The van der Waals surface area contributed by atoms with Crippen LogP contribution in [0.25, 0.3) is 22.3 Å². The van der Waals surface area contributed by atoms with Crippen molar-refractivity contribution in [1.29, 1.82) is 0 Å². The first-order chi connectivity index (χ1) is 20.4. The van der Waals surface area contributed by atoms with Crippen LogP contribution in [0, 0.1) is 12.7 Å². The molecule has 0 unspecified atom stereocenters. The molecule has 6 rings (SSSR count). The van der Waals surface area contributed by atoms with Crippen molar-refractivity contribution in [3.8, 4) is 11.5 Å². The summed E-state index contributed by atoms with van der Waals surface area (Å²) in [6.45, 7) is 6.17. The number of carbonyl (C=O) groups is 1. The lowest BCUT2D eigenvalue weighted by Gasteiger charge is -2.31. The van der Waals surface area contributed by atoms with Crippen molar-refractivity contribution in [3.05, 3.63) is 84.7 Å². The van der Waals surface area contributed by atoms with Crippen LogP contribution in [0.4, 0.5) is 15.9 Å². The summed E-state index contributed by atoms with van der Waals surface area (Å²) in [5.41, 5.74) is 3.06. The fourth-order valence-electron chi connectivity index (χ4n) is 4.81. The lowest BCUT2D eigenvalue weighted by molar-refractivity contribution is -0.127. The minimum absolute atomic E-state index is 0.0101. The van der Waals surface area contributed by atoms with Crippen molar-refractivity contribution in [3.63, 3.8) is 0 Å². The average Bonchev–Trinajstić information content (AvgIpc) is 3.47. The van der Waals surface area contributed by atoms with Crippen molar-refractivity contribution < 1.29 is 13.9 Å². The molecule has 12 heteroatoms. The summed E-state index contributed by atoms with van der Waals surface area (Å²) in [5.74, 6) is 1.26. The van der Waals surface area contributed by atoms with E-state index in [1.54, 1.807) is 54.2 Å². The molecule has 0 saturated heterocycles. The molecule has 1 aliphatic heterocycles. The standard InChI is InChI=1S/C30H28FN9O2/c1-4-5-6-26(41)39-11-9-20(13-18(39)2)29-32-15-23-28(38-29)30(35-16-33-23)37-22-7-8-24(19(3)27(22)31)42-21-10-12-40-25(14-21)34-17-36-40/h5-8,10,12-18H,4,9,11H2,1-3H3,(H,33,35,37)/b6-5+/t18-/m0/s1. The number of allylic oxidation sites excluding steroid dienone is 1. The van der Waals surface area contributed by atoms with Gasteiger partial charge in [0.15, 0.2) is 23.1 Å². The normalized spacial score (nSPS) is 15.4. The highest BCUT2D eigenvalue weighted by molar-refractivity contribution is 5.89. The van der Waals surface area contributed by atoms with Crippen molar-refractivity contribution in [2.75, 3.05) is 11.9 Å². The van der Waals surface area contributed by atoms with E-state index in [1.807, 2.05) is 30.9 Å². The Morgan fingerprint density at radius 2 is 2.07 bits per heavy atom. The number of rotatable bonds is 7. The number of halogens is 1. The van der Waals surface area contributed by atoms with Crippen molar-refractivity contribution >= 4 is 39.7 Å². The molecule has 0 bridgehead atoms. The van der Waals surface area contributed by atoms with Gasteiger partial charge in [-0.25, -0.2) is 33.8 Å². The Morgan fingerprint density at radius 3 is 2.90 bits per heavy atom. The van der Waals surface area contributed by atoms with Crippen LogP contribution in [-0.4, -0.2) is 57.9 Å². The van der Waals surface area contributed by atoms with Crippen LogP contribution >= 0.6 is 0 Å². The summed E-state index contributed by atoms with van der Waals surface area (Å²) in [6, 6.07) is 6.63. The van der Waals surface area contributed by atoms with E-state index >= 15 is 4.39 Å². The number of aromatic nitrogens is 7. The van der Waals surface area contributed by atoms with Crippen molar-refractivity contribution in [2.24, 2.45) is 0 Å². The number of pyridine rings is 1. The summed E-state index contributed by atoms with van der Waals surface area (Å²) in [5, 5.41) is 7.14. The van der Waals surface area contributed by atoms with Gasteiger partial charge in [-0.1, -0.05) is 19.1 Å². The summed E-state index contributed by atoms with van der Waals surface area (Å²) in [6.07, 6.45) is 13.1. The summed E-state index contributed by atoms with van der Waals surface area (Å²) >= 11 is 0. The van der Waals surface area contributed by atoms with Gasteiger partial charge in [0.1, 0.15) is 35.2 Å². The van der Waals surface area contributed by atoms with Gasteiger partial charge in [0.25, 0.3) is 0 Å². The first-order valence-corrected chi connectivity index (χ1v) is 13.6. The van der Waals surface area contributed by atoms with Crippen LogP contribution in [-0.2, 0) is 4.79 Å². The molecule has 11 nitrogen and oxygen atoms in total. The molecule has 0 fully saturated rings. The second kappa shape index (κ2) is 11.3. The highest BCUT2D eigenvalue weighted by atomic mass is 19.1. The minimum atomic E-state index is -0.484. The summed E-state index contributed by atoms with van der Waals surface area (Å²) in [4.78, 5) is 36.4. The van der Waals surface area contributed by atoms with Gasteiger partial charge >= 0.3 is 0 Å². The van der Waals surface area contributed by atoms with Crippen LogP contribution in [0.5, 0.6) is 11.5 Å². The van der Waals surface area contributed by atoms with Gasteiger partial charge < -0.3 is 15.0 Å². The summed E-state index contributed by atoms with van der Waals surface area (Å²) in [7, 11) is 0. The van der Waals surface area contributed by atoms with Crippen LogP contribution in [0.2, 0.25) is 0 Å². The molecule has 212 valence electrons.